The maximum atomic E-state index is 10.5. The van der Waals surface area contributed by atoms with E-state index in [0.29, 0.717) is 6.04 Å². The predicted octanol–water partition coefficient (Wildman–Crippen LogP) is 1.63. The smallest absolute Gasteiger partial charge is 0.335 e. The topological polar surface area (TPSA) is 78.9 Å². The maximum Gasteiger partial charge on any atom is 0.335 e. The largest absolute Gasteiger partial charge is 0.478 e. The Labute approximate surface area is 108 Å². The molecule has 1 aromatic rings. The number of rotatable bonds is 3. The van der Waals surface area contributed by atoms with Crippen molar-refractivity contribution in [3.8, 4) is 0 Å². The molecule has 0 aromatic heterocycles. The van der Waals surface area contributed by atoms with Crippen molar-refractivity contribution in [2.75, 3.05) is 14.1 Å². The summed E-state index contributed by atoms with van der Waals surface area (Å²) in [6.45, 7) is 3.89. The number of hydrogen-bond acceptors (Lipinski definition) is 4. The summed E-state index contributed by atoms with van der Waals surface area (Å²) in [6, 6.07) is 6.88. The van der Waals surface area contributed by atoms with E-state index >= 15 is 0 Å². The molecule has 0 aliphatic carbocycles. The van der Waals surface area contributed by atoms with Crippen LogP contribution in [0.2, 0.25) is 0 Å². The lowest BCUT2D eigenvalue weighted by molar-refractivity contribution is 0.0697. The lowest BCUT2D eigenvalue weighted by Gasteiger charge is -2.02. The second-order valence-corrected chi connectivity index (χ2v) is 4.26. The van der Waals surface area contributed by atoms with E-state index in [0.717, 1.165) is 5.56 Å². The van der Waals surface area contributed by atoms with Gasteiger partial charge >= 0.3 is 5.97 Å². The zero-order valence-corrected chi connectivity index (χ0v) is 11.3. The summed E-state index contributed by atoms with van der Waals surface area (Å²) in [5, 5.41) is 14.4. The van der Waals surface area contributed by atoms with E-state index in [4.69, 9.17) is 10.8 Å². The van der Waals surface area contributed by atoms with Crippen molar-refractivity contribution in [2.24, 2.45) is 10.8 Å². The van der Waals surface area contributed by atoms with Crippen LogP contribution in [0.5, 0.6) is 0 Å². The van der Waals surface area contributed by atoms with E-state index in [2.05, 4.69) is 5.10 Å². The van der Waals surface area contributed by atoms with Gasteiger partial charge in [0.05, 0.1) is 11.8 Å². The van der Waals surface area contributed by atoms with Crippen LogP contribution in [0.1, 0.15) is 29.8 Å². The lowest BCUT2D eigenvalue weighted by Crippen LogP contribution is -2.06. The van der Waals surface area contributed by atoms with Gasteiger partial charge in [-0.3, -0.25) is 0 Å². The van der Waals surface area contributed by atoms with Gasteiger partial charge in [0.2, 0.25) is 0 Å². The van der Waals surface area contributed by atoms with Gasteiger partial charge in [0.15, 0.2) is 0 Å². The number of carbonyl (C=O) groups is 1. The van der Waals surface area contributed by atoms with Crippen molar-refractivity contribution in [3.05, 3.63) is 35.4 Å². The van der Waals surface area contributed by atoms with Crippen molar-refractivity contribution >= 4 is 12.2 Å². The standard InChI is InChI=1S/C10H12N2O2.C3H9N/c1-12(2)11-7-8-3-5-9(6-4-8)10(13)14;1-3(2)4/h3-7H,1-2H3,(H,13,14);3H,4H2,1-2H3. The third kappa shape index (κ3) is 8.29. The molecular formula is C13H21N3O2. The van der Waals surface area contributed by atoms with Crippen LogP contribution in [-0.2, 0) is 0 Å². The molecule has 0 spiro atoms. The molecule has 0 unspecified atom stereocenters. The van der Waals surface area contributed by atoms with Gasteiger partial charge in [0, 0.05) is 14.1 Å². The van der Waals surface area contributed by atoms with E-state index in [1.165, 1.54) is 0 Å². The van der Waals surface area contributed by atoms with Crippen LogP contribution in [-0.4, -0.2) is 42.4 Å². The molecule has 0 aliphatic rings. The summed E-state index contributed by atoms with van der Waals surface area (Å²) >= 11 is 0. The lowest BCUT2D eigenvalue weighted by atomic mass is 10.1. The quantitative estimate of drug-likeness (QED) is 0.632. The van der Waals surface area contributed by atoms with Gasteiger partial charge in [-0.05, 0) is 23.7 Å². The Hall–Kier alpha value is -1.88. The zero-order chi connectivity index (χ0) is 14.1. The minimum atomic E-state index is -0.916. The zero-order valence-electron chi connectivity index (χ0n) is 11.3. The summed E-state index contributed by atoms with van der Waals surface area (Å²) in [6.07, 6.45) is 1.67. The minimum absolute atomic E-state index is 0.284. The maximum absolute atomic E-state index is 10.5. The molecule has 0 radical (unpaired) electrons. The van der Waals surface area contributed by atoms with Gasteiger partial charge in [-0.1, -0.05) is 26.0 Å². The highest BCUT2D eigenvalue weighted by molar-refractivity contribution is 5.89. The van der Waals surface area contributed by atoms with Crippen LogP contribution in [0.3, 0.4) is 0 Å². The van der Waals surface area contributed by atoms with Crippen LogP contribution in [0, 0.1) is 0 Å². The number of carboxylic acids is 1. The van der Waals surface area contributed by atoms with E-state index in [1.807, 2.05) is 27.9 Å². The second kappa shape index (κ2) is 8.25. The van der Waals surface area contributed by atoms with E-state index in [1.54, 1.807) is 35.5 Å². The van der Waals surface area contributed by atoms with E-state index in [-0.39, 0.29) is 5.56 Å². The molecule has 5 nitrogen and oxygen atoms in total. The number of aromatic carboxylic acids is 1. The van der Waals surface area contributed by atoms with Crippen molar-refractivity contribution < 1.29 is 9.90 Å². The molecule has 18 heavy (non-hydrogen) atoms. The molecule has 0 bridgehead atoms. The fraction of sp³-hybridized carbons (Fsp3) is 0.385. The first-order valence-corrected chi connectivity index (χ1v) is 5.63. The SMILES string of the molecule is CC(C)N.CN(C)N=Cc1ccc(C(=O)O)cc1. The summed E-state index contributed by atoms with van der Waals surface area (Å²) in [5.41, 5.74) is 6.27. The molecule has 0 amide bonds. The number of carboxylic acid groups (broad SMARTS) is 1. The molecule has 0 saturated carbocycles. The molecule has 3 N–H and O–H groups in total. The second-order valence-electron chi connectivity index (χ2n) is 4.26. The monoisotopic (exact) mass is 251 g/mol. The van der Waals surface area contributed by atoms with Gasteiger partial charge in [0.1, 0.15) is 0 Å². The van der Waals surface area contributed by atoms with Gasteiger partial charge in [-0.25, -0.2) is 4.79 Å². The Kier molecular flexibility index (Phi) is 7.38. The number of nitrogens with two attached hydrogens (primary N) is 1. The highest BCUT2D eigenvalue weighted by Crippen LogP contribution is 2.02. The summed E-state index contributed by atoms with van der Waals surface area (Å²) in [4.78, 5) is 10.5. The fourth-order valence-corrected chi connectivity index (χ4v) is 0.894. The molecule has 1 rings (SSSR count). The first-order chi connectivity index (χ1) is 8.32. The van der Waals surface area contributed by atoms with E-state index in [9.17, 15) is 4.79 Å². The van der Waals surface area contributed by atoms with Crippen LogP contribution in [0.15, 0.2) is 29.4 Å². The Morgan fingerprint density at radius 3 is 2.11 bits per heavy atom. The molecule has 0 heterocycles. The molecule has 0 fully saturated rings. The highest BCUT2D eigenvalue weighted by Gasteiger charge is 1.99. The van der Waals surface area contributed by atoms with Crippen molar-refractivity contribution in [1.82, 2.24) is 5.01 Å². The number of hydrazone groups is 1. The van der Waals surface area contributed by atoms with Crippen molar-refractivity contribution in [3.63, 3.8) is 0 Å². The van der Waals surface area contributed by atoms with E-state index < -0.39 is 5.97 Å². The first kappa shape index (κ1) is 16.1. The average molecular weight is 251 g/mol. The Morgan fingerprint density at radius 1 is 1.33 bits per heavy atom. The van der Waals surface area contributed by atoms with Crippen molar-refractivity contribution in [2.45, 2.75) is 19.9 Å². The molecule has 0 saturated heterocycles. The Bertz CT molecular complexity index is 381. The molecule has 0 aliphatic heterocycles. The molecule has 1 aromatic carbocycles. The molecule has 5 heteroatoms. The van der Waals surface area contributed by atoms with Crippen LogP contribution < -0.4 is 5.73 Å². The van der Waals surface area contributed by atoms with Gasteiger partial charge in [-0.15, -0.1) is 0 Å². The fourth-order valence-electron chi connectivity index (χ4n) is 0.894. The van der Waals surface area contributed by atoms with Crippen LogP contribution in [0.4, 0.5) is 0 Å². The number of hydrogen-bond donors (Lipinski definition) is 2. The van der Waals surface area contributed by atoms with Crippen molar-refractivity contribution in [1.29, 1.82) is 0 Å². The average Bonchev–Trinajstić information content (AvgIpc) is 2.26. The highest BCUT2D eigenvalue weighted by atomic mass is 16.4. The Balaban J connectivity index is 0.000000631. The summed E-state index contributed by atoms with van der Waals surface area (Å²) < 4.78 is 0. The summed E-state index contributed by atoms with van der Waals surface area (Å²) in [7, 11) is 3.64. The first-order valence-electron chi connectivity index (χ1n) is 5.63. The predicted molar refractivity (Wildman–Crippen MR) is 74.0 cm³/mol. The minimum Gasteiger partial charge on any atom is -0.478 e. The van der Waals surface area contributed by atoms with Gasteiger partial charge in [0.25, 0.3) is 0 Å². The summed E-state index contributed by atoms with van der Waals surface area (Å²) in [5.74, 6) is -0.916. The normalized spacial score (nSPS) is 10.1. The number of benzene rings is 1. The third-order valence-corrected chi connectivity index (χ3v) is 1.60. The van der Waals surface area contributed by atoms with Gasteiger partial charge < -0.3 is 15.8 Å². The molecule has 0 atom stereocenters. The molecular weight excluding hydrogens is 230 g/mol. The number of nitrogens with zero attached hydrogens (tertiary/aromatic N) is 2. The third-order valence-electron chi connectivity index (χ3n) is 1.60. The Morgan fingerprint density at radius 2 is 1.78 bits per heavy atom. The van der Waals surface area contributed by atoms with Crippen LogP contribution in [0.25, 0.3) is 0 Å². The van der Waals surface area contributed by atoms with Crippen LogP contribution >= 0.6 is 0 Å². The van der Waals surface area contributed by atoms with Gasteiger partial charge in [-0.2, -0.15) is 5.10 Å². The molecule has 100 valence electrons.